The second-order valence-corrected chi connectivity index (χ2v) is 3.15. The lowest BCUT2D eigenvalue weighted by Crippen LogP contribution is -2.43. The van der Waals surface area contributed by atoms with E-state index in [1.165, 1.54) is 0 Å². The molecule has 1 unspecified atom stereocenters. The van der Waals surface area contributed by atoms with Crippen LogP contribution in [0.15, 0.2) is 18.2 Å². The minimum Gasteiger partial charge on any atom is -0.480 e. The average Bonchev–Trinajstić information content (AvgIpc) is 2.28. The number of rotatable bonds is 4. The van der Waals surface area contributed by atoms with Gasteiger partial charge in [-0.25, -0.2) is 13.6 Å². The van der Waals surface area contributed by atoms with Crippen LogP contribution in [0.3, 0.4) is 0 Å². The Bertz CT molecular complexity index is 450. The van der Waals surface area contributed by atoms with E-state index in [0.717, 1.165) is 18.2 Å². The maximum atomic E-state index is 13.2. The first-order valence-corrected chi connectivity index (χ1v) is 4.56. The first kappa shape index (κ1) is 13.0. The van der Waals surface area contributed by atoms with Crippen LogP contribution in [0.4, 0.5) is 8.78 Å². The molecule has 7 heteroatoms. The summed E-state index contributed by atoms with van der Waals surface area (Å²) in [7, 11) is 0. The van der Waals surface area contributed by atoms with Crippen LogP contribution in [-0.4, -0.2) is 34.7 Å². The predicted molar refractivity (Wildman–Crippen MR) is 52.3 cm³/mol. The Morgan fingerprint density at radius 1 is 1.35 bits per heavy atom. The first-order chi connectivity index (χ1) is 7.97. The second-order valence-electron chi connectivity index (χ2n) is 3.15. The zero-order valence-corrected chi connectivity index (χ0v) is 8.48. The number of carbonyl (C=O) groups is 2. The van der Waals surface area contributed by atoms with E-state index in [4.69, 9.17) is 10.2 Å². The van der Waals surface area contributed by atoms with Crippen molar-refractivity contribution in [3.05, 3.63) is 35.4 Å². The monoisotopic (exact) mass is 245 g/mol. The lowest BCUT2D eigenvalue weighted by atomic mass is 10.1. The highest BCUT2D eigenvalue weighted by molar-refractivity contribution is 5.96. The Balaban J connectivity index is 2.90. The van der Waals surface area contributed by atoms with Crippen molar-refractivity contribution in [2.45, 2.75) is 6.04 Å². The van der Waals surface area contributed by atoms with E-state index in [1.807, 2.05) is 5.32 Å². The summed E-state index contributed by atoms with van der Waals surface area (Å²) in [5, 5.41) is 19.1. The topological polar surface area (TPSA) is 86.6 Å². The smallest absolute Gasteiger partial charge is 0.328 e. The third-order valence-corrected chi connectivity index (χ3v) is 1.98. The third kappa shape index (κ3) is 2.97. The summed E-state index contributed by atoms with van der Waals surface area (Å²) in [6.07, 6.45) is 0. The third-order valence-electron chi connectivity index (χ3n) is 1.98. The largest absolute Gasteiger partial charge is 0.480 e. The number of benzene rings is 1. The van der Waals surface area contributed by atoms with Crippen molar-refractivity contribution in [2.24, 2.45) is 0 Å². The number of aliphatic hydroxyl groups excluding tert-OH is 1. The van der Waals surface area contributed by atoms with E-state index in [9.17, 15) is 18.4 Å². The minimum absolute atomic E-state index is 0.621. The lowest BCUT2D eigenvalue weighted by Gasteiger charge is -2.11. The standard InChI is InChI=1S/C10H9F2NO4/c11-6-3-1-2-5(8(6)12)9(15)13-7(4-14)10(16)17/h1-3,7,14H,4H2,(H,13,15)(H,16,17). The van der Waals surface area contributed by atoms with Crippen LogP contribution in [-0.2, 0) is 4.79 Å². The maximum Gasteiger partial charge on any atom is 0.328 e. The molecule has 17 heavy (non-hydrogen) atoms. The number of carboxylic acid groups (broad SMARTS) is 1. The summed E-state index contributed by atoms with van der Waals surface area (Å²) in [4.78, 5) is 21.9. The molecule has 0 bridgehead atoms. The Kier molecular flexibility index (Phi) is 4.11. The summed E-state index contributed by atoms with van der Waals surface area (Å²) in [6, 6.07) is 1.38. The van der Waals surface area contributed by atoms with Crippen LogP contribution < -0.4 is 5.32 Å². The van der Waals surface area contributed by atoms with Gasteiger partial charge in [-0.2, -0.15) is 0 Å². The fourth-order valence-corrected chi connectivity index (χ4v) is 1.10. The molecule has 0 heterocycles. The summed E-state index contributed by atoms with van der Waals surface area (Å²) in [5.41, 5.74) is -0.621. The highest BCUT2D eigenvalue weighted by Gasteiger charge is 2.22. The van der Waals surface area contributed by atoms with E-state index in [1.54, 1.807) is 0 Å². The molecule has 92 valence electrons. The molecule has 0 spiro atoms. The molecule has 0 radical (unpaired) electrons. The van der Waals surface area contributed by atoms with Crippen molar-refractivity contribution in [3.63, 3.8) is 0 Å². The second kappa shape index (κ2) is 5.35. The highest BCUT2D eigenvalue weighted by Crippen LogP contribution is 2.11. The van der Waals surface area contributed by atoms with E-state index in [2.05, 4.69) is 0 Å². The van der Waals surface area contributed by atoms with Crippen molar-refractivity contribution >= 4 is 11.9 Å². The average molecular weight is 245 g/mol. The Labute approximate surface area is 94.7 Å². The van der Waals surface area contributed by atoms with Gasteiger partial charge in [0.1, 0.15) is 0 Å². The van der Waals surface area contributed by atoms with Crippen molar-refractivity contribution < 1.29 is 28.6 Å². The molecule has 1 aromatic carbocycles. The van der Waals surface area contributed by atoms with Gasteiger partial charge in [0.2, 0.25) is 0 Å². The molecule has 0 aliphatic heterocycles. The zero-order valence-electron chi connectivity index (χ0n) is 8.48. The Hall–Kier alpha value is -2.02. The molecule has 5 nitrogen and oxygen atoms in total. The van der Waals surface area contributed by atoms with Crippen molar-refractivity contribution in [3.8, 4) is 0 Å². The minimum atomic E-state index is -1.56. The number of nitrogens with one attached hydrogen (secondary N) is 1. The Morgan fingerprint density at radius 2 is 2.00 bits per heavy atom. The highest BCUT2D eigenvalue weighted by atomic mass is 19.2. The summed E-state index contributed by atoms with van der Waals surface area (Å²) >= 11 is 0. The molecule has 1 rings (SSSR count). The molecular formula is C10H9F2NO4. The molecular weight excluding hydrogens is 236 g/mol. The Morgan fingerprint density at radius 3 is 2.53 bits per heavy atom. The number of carbonyl (C=O) groups excluding carboxylic acids is 1. The molecule has 1 aromatic rings. The van der Waals surface area contributed by atoms with Gasteiger partial charge in [-0.1, -0.05) is 6.07 Å². The van der Waals surface area contributed by atoms with Gasteiger partial charge < -0.3 is 15.5 Å². The molecule has 0 aliphatic carbocycles. The number of hydrogen-bond acceptors (Lipinski definition) is 3. The van der Waals surface area contributed by atoms with Crippen molar-refractivity contribution in [1.29, 1.82) is 0 Å². The van der Waals surface area contributed by atoms with Gasteiger partial charge in [-0.05, 0) is 12.1 Å². The molecule has 0 fully saturated rings. The first-order valence-electron chi connectivity index (χ1n) is 4.56. The van der Waals surface area contributed by atoms with Gasteiger partial charge in [0.05, 0.1) is 12.2 Å². The molecule has 3 N–H and O–H groups in total. The van der Waals surface area contributed by atoms with Gasteiger partial charge in [0.25, 0.3) is 5.91 Å². The van der Waals surface area contributed by atoms with E-state index in [0.29, 0.717) is 0 Å². The van der Waals surface area contributed by atoms with Crippen molar-refractivity contribution in [2.75, 3.05) is 6.61 Å². The van der Waals surface area contributed by atoms with Gasteiger partial charge in [-0.15, -0.1) is 0 Å². The fraction of sp³-hybridized carbons (Fsp3) is 0.200. The SMILES string of the molecule is O=C(NC(CO)C(=O)O)c1cccc(F)c1F. The number of aliphatic carboxylic acids is 1. The van der Waals surface area contributed by atoms with Gasteiger partial charge in [-0.3, -0.25) is 4.79 Å². The quantitative estimate of drug-likeness (QED) is 0.704. The summed E-state index contributed by atoms with van der Waals surface area (Å²) < 4.78 is 26.0. The number of hydrogen-bond donors (Lipinski definition) is 3. The maximum absolute atomic E-state index is 13.2. The van der Waals surface area contributed by atoms with E-state index >= 15 is 0 Å². The molecule has 1 atom stereocenters. The summed E-state index contributed by atoms with van der Waals surface area (Å²) in [6.45, 7) is -0.849. The van der Waals surface area contributed by atoms with Crippen LogP contribution in [0.1, 0.15) is 10.4 Å². The molecule has 0 saturated heterocycles. The molecule has 0 aliphatic rings. The van der Waals surface area contributed by atoms with Crippen LogP contribution in [0.5, 0.6) is 0 Å². The predicted octanol–water partition coefficient (Wildman–Crippen LogP) is 0.140. The van der Waals surface area contributed by atoms with Crippen LogP contribution in [0.2, 0.25) is 0 Å². The number of aliphatic hydroxyl groups is 1. The van der Waals surface area contributed by atoms with E-state index in [-0.39, 0.29) is 0 Å². The van der Waals surface area contributed by atoms with Crippen LogP contribution in [0.25, 0.3) is 0 Å². The van der Waals surface area contributed by atoms with Gasteiger partial charge in [0, 0.05) is 0 Å². The van der Waals surface area contributed by atoms with Gasteiger partial charge in [0.15, 0.2) is 17.7 Å². The molecule has 1 amide bonds. The normalized spacial score (nSPS) is 11.9. The lowest BCUT2D eigenvalue weighted by molar-refractivity contribution is -0.140. The van der Waals surface area contributed by atoms with E-state index < -0.39 is 41.7 Å². The fourth-order valence-electron chi connectivity index (χ4n) is 1.10. The van der Waals surface area contributed by atoms with Crippen molar-refractivity contribution in [1.82, 2.24) is 5.32 Å². The van der Waals surface area contributed by atoms with Gasteiger partial charge >= 0.3 is 5.97 Å². The van der Waals surface area contributed by atoms with Crippen LogP contribution in [0, 0.1) is 11.6 Å². The molecule has 0 saturated carbocycles. The zero-order chi connectivity index (χ0) is 13.0. The summed E-state index contributed by atoms with van der Waals surface area (Å²) in [5.74, 6) is -5.17. The molecule has 0 aromatic heterocycles. The van der Waals surface area contributed by atoms with Crippen LogP contribution >= 0.6 is 0 Å². The number of carboxylic acids is 1. The number of halogens is 2. The number of amides is 1.